The molecular weight excluding hydrogens is 230 g/mol. The highest BCUT2D eigenvalue weighted by Gasteiger charge is 2.23. The number of carboxylic acid groups (broad SMARTS) is 1. The molecule has 0 unspecified atom stereocenters. The molecule has 0 saturated heterocycles. The number of rotatable bonds is 4. The number of carbonyl (C=O) groups is 2. The molecule has 98 valence electrons. The standard InChI is InChI=1S/C14H19NO3/c1-8-5-9(2)11(12(15)16)10(6-8)7-14(3,4)13(17)18/h5-6H,7H2,1-4H3,(H2,15,16)(H,17,18)/p-1. The molecule has 0 aliphatic carbocycles. The lowest BCUT2D eigenvalue weighted by molar-refractivity contribution is -0.317. The maximum Gasteiger partial charge on any atom is 0.249 e. The van der Waals surface area contributed by atoms with Gasteiger partial charge in [-0.2, -0.15) is 0 Å². The van der Waals surface area contributed by atoms with Gasteiger partial charge in [0.05, 0.1) is 0 Å². The zero-order valence-electron chi connectivity index (χ0n) is 11.2. The average Bonchev–Trinajstić information content (AvgIpc) is 2.13. The lowest BCUT2D eigenvalue weighted by atomic mass is 9.82. The number of carbonyl (C=O) groups excluding carboxylic acids is 2. The van der Waals surface area contributed by atoms with Crippen LogP contribution in [0.5, 0.6) is 0 Å². The van der Waals surface area contributed by atoms with E-state index in [4.69, 9.17) is 5.73 Å². The van der Waals surface area contributed by atoms with Gasteiger partial charge in [-0.15, -0.1) is 0 Å². The van der Waals surface area contributed by atoms with E-state index in [1.54, 1.807) is 26.8 Å². The Morgan fingerprint density at radius 2 is 1.83 bits per heavy atom. The van der Waals surface area contributed by atoms with Gasteiger partial charge in [0.1, 0.15) is 0 Å². The Morgan fingerprint density at radius 3 is 2.28 bits per heavy atom. The molecule has 0 spiro atoms. The largest absolute Gasteiger partial charge is 0.550 e. The number of nitrogens with two attached hydrogens (primary N) is 1. The Labute approximate surface area is 107 Å². The van der Waals surface area contributed by atoms with E-state index in [0.717, 1.165) is 11.1 Å². The third-order valence-corrected chi connectivity index (χ3v) is 2.99. The summed E-state index contributed by atoms with van der Waals surface area (Å²) in [6.07, 6.45) is 0.218. The molecule has 1 aromatic rings. The van der Waals surface area contributed by atoms with E-state index in [1.165, 1.54) is 0 Å². The van der Waals surface area contributed by atoms with Gasteiger partial charge in [-0.1, -0.05) is 31.5 Å². The molecule has 4 heteroatoms. The highest BCUT2D eigenvalue weighted by molar-refractivity contribution is 5.96. The second kappa shape index (κ2) is 4.80. The van der Waals surface area contributed by atoms with Crippen LogP contribution in [0, 0.1) is 19.3 Å². The molecule has 0 aliphatic heterocycles. The summed E-state index contributed by atoms with van der Waals surface area (Å²) in [7, 11) is 0. The van der Waals surface area contributed by atoms with E-state index >= 15 is 0 Å². The molecule has 0 saturated carbocycles. The highest BCUT2D eigenvalue weighted by atomic mass is 16.4. The Kier molecular flexibility index (Phi) is 3.79. The van der Waals surface area contributed by atoms with Crippen molar-refractivity contribution < 1.29 is 14.7 Å². The normalized spacial score (nSPS) is 11.3. The Bertz CT molecular complexity index is 504. The first-order valence-electron chi connectivity index (χ1n) is 5.76. The van der Waals surface area contributed by atoms with E-state index in [9.17, 15) is 14.7 Å². The van der Waals surface area contributed by atoms with Gasteiger partial charge in [-0.05, 0) is 31.4 Å². The molecule has 0 radical (unpaired) electrons. The molecule has 2 N–H and O–H groups in total. The molecule has 4 nitrogen and oxygen atoms in total. The first-order valence-corrected chi connectivity index (χ1v) is 5.76. The third kappa shape index (κ3) is 2.88. The Hall–Kier alpha value is -1.84. The monoisotopic (exact) mass is 248 g/mol. The highest BCUT2D eigenvalue weighted by Crippen LogP contribution is 2.26. The summed E-state index contributed by atoms with van der Waals surface area (Å²) in [5.41, 5.74) is 7.14. The van der Waals surface area contributed by atoms with E-state index in [1.807, 2.05) is 13.0 Å². The number of benzene rings is 1. The van der Waals surface area contributed by atoms with Gasteiger partial charge in [0, 0.05) is 16.9 Å². The Balaban J connectivity index is 3.32. The maximum absolute atomic E-state index is 11.5. The van der Waals surface area contributed by atoms with Crippen LogP contribution in [0.4, 0.5) is 0 Å². The summed E-state index contributed by atoms with van der Waals surface area (Å²) in [6, 6.07) is 3.66. The van der Waals surface area contributed by atoms with Crippen LogP contribution in [0.25, 0.3) is 0 Å². The topological polar surface area (TPSA) is 83.2 Å². The molecule has 1 aromatic carbocycles. The summed E-state index contributed by atoms with van der Waals surface area (Å²) < 4.78 is 0. The van der Waals surface area contributed by atoms with Crippen molar-refractivity contribution in [2.24, 2.45) is 11.1 Å². The number of hydrogen-bond acceptors (Lipinski definition) is 3. The van der Waals surface area contributed by atoms with Gasteiger partial charge in [-0.3, -0.25) is 4.79 Å². The minimum atomic E-state index is -1.14. The van der Waals surface area contributed by atoms with E-state index in [-0.39, 0.29) is 6.42 Å². The fourth-order valence-corrected chi connectivity index (χ4v) is 2.10. The van der Waals surface area contributed by atoms with Crippen LogP contribution in [-0.4, -0.2) is 11.9 Å². The van der Waals surface area contributed by atoms with Crippen LogP contribution in [-0.2, 0) is 11.2 Å². The van der Waals surface area contributed by atoms with Gasteiger partial charge < -0.3 is 15.6 Å². The second-order valence-corrected chi connectivity index (χ2v) is 5.33. The average molecular weight is 248 g/mol. The van der Waals surface area contributed by atoms with Crippen molar-refractivity contribution in [3.05, 3.63) is 34.4 Å². The molecule has 0 bridgehead atoms. The maximum atomic E-state index is 11.5. The second-order valence-electron chi connectivity index (χ2n) is 5.33. The van der Waals surface area contributed by atoms with Crippen LogP contribution >= 0.6 is 0 Å². The summed E-state index contributed by atoms with van der Waals surface area (Å²) in [5, 5.41) is 11.0. The van der Waals surface area contributed by atoms with Crippen molar-refractivity contribution >= 4 is 11.9 Å². The quantitative estimate of drug-likeness (QED) is 0.852. The smallest absolute Gasteiger partial charge is 0.249 e. The number of hydrogen-bond donors (Lipinski definition) is 1. The van der Waals surface area contributed by atoms with Crippen LogP contribution in [0.3, 0.4) is 0 Å². The van der Waals surface area contributed by atoms with E-state index in [0.29, 0.717) is 11.1 Å². The van der Waals surface area contributed by atoms with Crippen molar-refractivity contribution in [1.29, 1.82) is 0 Å². The number of primary amides is 1. The summed E-state index contributed by atoms with van der Waals surface area (Å²) in [6.45, 7) is 6.84. The van der Waals surface area contributed by atoms with Crippen molar-refractivity contribution in [3.63, 3.8) is 0 Å². The van der Waals surface area contributed by atoms with Crippen molar-refractivity contribution in [3.8, 4) is 0 Å². The zero-order valence-corrected chi connectivity index (χ0v) is 11.2. The number of amides is 1. The predicted molar refractivity (Wildman–Crippen MR) is 66.9 cm³/mol. The van der Waals surface area contributed by atoms with E-state index in [2.05, 4.69) is 0 Å². The van der Waals surface area contributed by atoms with Crippen LogP contribution in [0.1, 0.15) is 40.9 Å². The van der Waals surface area contributed by atoms with Gasteiger partial charge in [0.15, 0.2) is 0 Å². The fourth-order valence-electron chi connectivity index (χ4n) is 2.10. The van der Waals surface area contributed by atoms with Crippen molar-refractivity contribution in [2.75, 3.05) is 0 Å². The molecule has 0 heterocycles. The molecular formula is C14H18NO3-. The molecule has 1 amide bonds. The lowest BCUT2D eigenvalue weighted by Gasteiger charge is -2.27. The molecule has 0 fully saturated rings. The van der Waals surface area contributed by atoms with Crippen molar-refractivity contribution in [2.45, 2.75) is 34.1 Å². The molecule has 0 aliphatic rings. The number of aryl methyl sites for hydroxylation is 2. The molecule has 1 rings (SSSR count). The SMILES string of the molecule is Cc1cc(C)c(C(N)=O)c(CC(C)(C)C(=O)[O-])c1. The van der Waals surface area contributed by atoms with Crippen LogP contribution in [0.15, 0.2) is 12.1 Å². The molecule has 0 atom stereocenters. The zero-order chi connectivity index (χ0) is 14.1. The van der Waals surface area contributed by atoms with Gasteiger partial charge in [0.2, 0.25) is 5.91 Å². The van der Waals surface area contributed by atoms with Gasteiger partial charge in [-0.25, -0.2) is 0 Å². The fraction of sp³-hybridized carbons (Fsp3) is 0.429. The van der Waals surface area contributed by atoms with Crippen LogP contribution in [0.2, 0.25) is 0 Å². The van der Waals surface area contributed by atoms with Crippen LogP contribution < -0.4 is 10.8 Å². The lowest BCUT2D eigenvalue weighted by Crippen LogP contribution is -2.40. The minimum Gasteiger partial charge on any atom is -0.550 e. The first kappa shape index (κ1) is 14.2. The molecule has 18 heavy (non-hydrogen) atoms. The minimum absolute atomic E-state index is 0.218. The number of carboxylic acids is 1. The summed E-state index contributed by atoms with van der Waals surface area (Å²) >= 11 is 0. The van der Waals surface area contributed by atoms with Gasteiger partial charge >= 0.3 is 0 Å². The first-order chi connectivity index (χ1) is 8.15. The predicted octanol–water partition coefficient (Wildman–Crippen LogP) is 0.721. The van der Waals surface area contributed by atoms with Crippen molar-refractivity contribution in [1.82, 2.24) is 0 Å². The molecule has 0 aromatic heterocycles. The van der Waals surface area contributed by atoms with Gasteiger partial charge in [0.25, 0.3) is 0 Å². The third-order valence-electron chi connectivity index (χ3n) is 2.99. The Morgan fingerprint density at radius 1 is 1.28 bits per heavy atom. The number of aliphatic carboxylic acids is 1. The summed E-state index contributed by atoms with van der Waals surface area (Å²) in [4.78, 5) is 22.5. The summed E-state index contributed by atoms with van der Waals surface area (Å²) in [5.74, 6) is -1.67. The van der Waals surface area contributed by atoms with E-state index < -0.39 is 17.3 Å².